The first kappa shape index (κ1) is 16.9. The van der Waals surface area contributed by atoms with Gasteiger partial charge in [-0.25, -0.2) is 13.2 Å². The third-order valence-electron chi connectivity index (χ3n) is 5.18. The first-order valence-corrected chi connectivity index (χ1v) is 8.78. The molecule has 0 unspecified atom stereocenters. The van der Waals surface area contributed by atoms with Crippen molar-refractivity contribution < 1.29 is 13.2 Å². The van der Waals surface area contributed by atoms with Crippen molar-refractivity contribution in [2.24, 2.45) is 0 Å². The van der Waals surface area contributed by atoms with Crippen LogP contribution in [0.1, 0.15) is 25.5 Å². The Bertz CT molecular complexity index is 1270. The van der Waals surface area contributed by atoms with E-state index in [1.54, 1.807) is 23.8 Å². The lowest BCUT2D eigenvalue weighted by Gasteiger charge is -2.34. The molecule has 0 amide bonds. The lowest BCUT2D eigenvalue weighted by molar-refractivity contribution is 0.516. The molecule has 0 fully saturated rings. The molecule has 2 aromatic heterocycles. The fourth-order valence-electron chi connectivity index (χ4n) is 3.94. The number of rotatable bonds is 1. The second-order valence-corrected chi connectivity index (χ2v) is 7.46. The lowest BCUT2D eigenvalue weighted by Crippen LogP contribution is -2.36. The third kappa shape index (κ3) is 2.08. The maximum atomic E-state index is 15.8. The molecular weight excluding hydrogens is 367 g/mol. The average Bonchev–Trinajstić information content (AvgIpc) is 3.23. The monoisotopic (exact) mass is 383 g/mol. The van der Waals surface area contributed by atoms with Crippen molar-refractivity contribution in [1.82, 2.24) is 19.7 Å². The van der Waals surface area contributed by atoms with Gasteiger partial charge >= 0.3 is 0 Å². The molecule has 0 saturated carbocycles. The maximum Gasteiger partial charge on any atom is 0.162 e. The summed E-state index contributed by atoms with van der Waals surface area (Å²) in [5.74, 6) is -1.46. The van der Waals surface area contributed by atoms with Crippen molar-refractivity contribution in [3.8, 4) is 16.8 Å². The highest BCUT2D eigenvalue weighted by Gasteiger charge is 2.37. The van der Waals surface area contributed by atoms with Gasteiger partial charge in [-0.15, -0.1) is 10.2 Å². The van der Waals surface area contributed by atoms with Crippen LogP contribution in [0.3, 0.4) is 0 Å². The Morgan fingerprint density at radius 2 is 1.79 bits per heavy atom. The topological polar surface area (TPSA) is 58.5 Å². The molecule has 1 aliphatic heterocycles. The van der Waals surface area contributed by atoms with Gasteiger partial charge in [0.05, 0.1) is 16.8 Å². The van der Waals surface area contributed by atoms with Gasteiger partial charge in [0, 0.05) is 28.7 Å². The van der Waals surface area contributed by atoms with Crippen molar-refractivity contribution in [2.45, 2.75) is 26.3 Å². The SMILES string of the molecule is Cc1nnc2n1-c1c(cc(F)c(-c3c(F)ccc4[nH]ccc34)c1F)NC2(C)C. The smallest absolute Gasteiger partial charge is 0.162 e. The molecule has 1 aliphatic rings. The second kappa shape index (κ2) is 5.37. The van der Waals surface area contributed by atoms with E-state index in [9.17, 15) is 4.39 Å². The first-order chi connectivity index (χ1) is 13.3. The molecule has 0 bridgehead atoms. The van der Waals surface area contributed by atoms with Gasteiger partial charge in [0.15, 0.2) is 11.6 Å². The number of fused-ring (bicyclic) bond motifs is 4. The van der Waals surface area contributed by atoms with Gasteiger partial charge < -0.3 is 10.3 Å². The van der Waals surface area contributed by atoms with Crippen LogP contribution >= 0.6 is 0 Å². The molecule has 142 valence electrons. The number of aromatic nitrogens is 4. The molecule has 0 radical (unpaired) electrons. The average molecular weight is 383 g/mol. The predicted molar refractivity (Wildman–Crippen MR) is 99.9 cm³/mol. The van der Waals surface area contributed by atoms with Crippen LogP contribution in [0.5, 0.6) is 0 Å². The van der Waals surface area contributed by atoms with Gasteiger partial charge in [-0.1, -0.05) is 0 Å². The number of nitrogens with one attached hydrogen (secondary N) is 2. The van der Waals surface area contributed by atoms with Crippen molar-refractivity contribution in [3.63, 3.8) is 0 Å². The number of aromatic amines is 1. The largest absolute Gasteiger partial charge is 0.371 e. The molecule has 5 nitrogen and oxygen atoms in total. The van der Waals surface area contributed by atoms with Crippen LogP contribution in [0, 0.1) is 24.4 Å². The zero-order chi connectivity index (χ0) is 19.8. The molecule has 4 aromatic rings. The van der Waals surface area contributed by atoms with E-state index in [1.165, 1.54) is 18.2 Å². The minimum absolute atomic E-state index is 0.0835. The summed E-state index contributed by atoms with van der Waals surface area (Å²) in [6, 6.07) is 5.53. The summed E-state index contributed by atoms with van der Waals surface area (Å²) >= 11 is 0. The van der Waals surface area contributed by atoms with Crippen molar-refractivity contribution in [1.29, 1.82) is 0 Å². The Morgan fingerprint density at radius 3 is 2.57 bits per heavy atom. The van der Waals surface area contributed by atoms with Gasteiger partial charge in [-0.2, -0.15) is 0 Å². The van der Waals surface area contributed by atoms with E-state index in [4.69, 9.17) is 0 Å². The summed E-state index contributed by atoms with van der Waals surface area (Å²) in [7, 11) is 0. The fourth-order valence-corrected chi connectivity index (χ4v) is 3.94. The summed E-state index contributed by atoms with van der Waals surface area (Å²) in [5, 5.41) is 11.7. The third-order valence-corrected chi connectivity index (χ3v) is 5.18. The highest BCUT2D eigenvalue weighted by atomic mass is 19.1. The number of aryl methyl sites for hydroxylation is 1. The van der Waals surface area contributed by atoms with Crippen LogP contribution in [-0.2, 0) is 5.54 Å². The summed E-state index contributed by atoms with van der Waals surface area (Å²) in [6.07, 6.45) is 1.61. The van der Waals surface area contributed by atoms with Crippen LogP contribution in [0.2, 0.25) is 0 Å². The summed E-state index contributed by atoms with van der Waals surface area (Å²) in [4.78, 5) is 2.94. The minimum atomic E-state index is -0.866. The van der Waals surface area contributed by atoms with Crippen molar-refractivity contribution >= 4 is 16.6 Å². The number of H-pyrrole nitrogens is 1. The zero-order valence-corrected chi connectivity index (χ0v) is 15.4. The molecule has 8 heteroatoms. The molecule has 2 N–H and O–H groups in total. The minimum Gasteiger partial charge on any atom is -0.371 e. The van der Waals surface area contributed by atoms with Crippen LogP contribution in [-0.4, -0.2) is 19.7 Å². The van der Waals surface area contributed by atoms with Crippen molar-refractivity contribution in [2.75, 3.05) is 5.32 Å². The standard InChI is InChI=1S/C20H16F3N5/c1-9-26-27-19-20(2,3)25-14-8-12(22)16(17(23)18(14)28(9)19)15-10-6-7-24-13(10)5-4-11(15)21/h4-8,24-25H,1-3H3. The number of benzene rings is 2. The van der Waals surface area contributed by atoms with Gasteiger partial charge in [-0.3, -0.25) is 4.57 Å². The van der Waals surface area contributed by atoms with E-state index in [-0.39, 0.29) is 16.9 Å². The number of hydrogen-bond acceptors (Lipinski definition) is 3. The van der Waals surface area contributed by atoms with E-state index in [0.717, 1.165) is 0 Å². The first-order valence-electron chi connectivity index (χ1n) is 8.78. The van der Waals surface area contributed by atoms with E-state index in [2.05, 4.69) is 20.5 Å². The number of nitrogens with zero attached hydrogens (tertiary/aromatic N) is 3. The summed E-state index contributed by atoms with van der Waals surface area (Å²) in [5.41, 5.74) is -0.273. The predicted octanol–water partition coefficient (Wildman–Crippen LogP) is 4.80. The Kier molecular flexibility index (Phi) is 3.23. The van der Waals surface area contributed by atoms with E-state index in [0.29, 0.717) is 22.6 Å². The second-order valence-electron chi connectivity index (χ2n) is 7.46. The molecule has 2 aromatic carbocycles. The Hall–Kier alpha value is -3.29. The van der Waals surface area contributed by atoms with E-state index < -0.39 is 28.6 Å². The number of halogens is 3. The van der Waals surface area contributed by atoms with Crippen LogP contribution < -0.4 is 5.32 Å². The lowest BCUT2D eigenvalue weighted by atomic mass is 9.95. The molecule has 5 rings (SSSR count). The molecule has 28 heavy (non-hydrogen) atoms. The molecule has 0 aliphatic carbocycles. The highest BCUT2D eigenvalue weighted by molar-refractivity contribution is 5.96. The van der Waals surface area contributed by atoms with Gasteiger partial charge in [0.2, 0.25) is 0 Å². The Balaban J connectivity index is 1.89. The molecule has 0 spiro atoms. The number of anilines is 1. The van der Waals surface area contributed by atoms with Crippen LogP contribution in [0.15, 0.2) is 30.5 Å². The summed E-state index contributed by atoms with van der Waals surface area (Å²) < 4.78 is 47.1. The molecule has 0 saturated heterocycles. The van der Waals surface area contributed by atoms with Crippen LogP contribution in [0.25, 0.3) is 27.7 Å². The molecule has 3 heterocycles. The van der Waals surface area contributed by atoms with Gasteiger partial charge in [-0.05, 0) is 39.0 Å². The number of hydrogen-bond donors (Lipinski definition) is 2. The Morgan fingerprint density at radius 1 is 1.00 bits per heavy atom. The maximum absolute atomic E-state index is 15.8. The van der Waals surface area contributed by atoms with Crippen LogP contribution in [0.4, 0.5) is 18.9 Å². The van der Waals surface area contributed by atoms with Gasteiger partial charge in [0.25, 0.3) is 0 Å². The quantitative estimate of drug-likeness (QED) is 0.496. The molecule has 0 atom stereocenters. The van der Waals surface area contributed by atoms with Crippen molar-refractivity contribution in [3.05, 3.63) is 59.6 Å². The van der Waals surface area contributed by atoms with Gasteiger partial charge in [0.1, 0.15) is 23.1 Å². The highest BCUT2D eigenvalue weighted by Crippen LogP contribution is 2.44. The van der Waals surface area contributed by atoms with E-state index >= 15 is 8.78 Å². The molecular formula is C20H16F3N5. The zero-order valence-electron chi connectivity index (χ0n) is 15.4. The fraction of sp³-hybridized carbons (Fsp3) is 0.200. The Labute approximate surface area is 158 Å². The summed E-state index contributed by atoms with van der Waals surface area (Å²) in [6.45, 7) is 5.39. The normalized spacial score (nSPS) is 14.6. The van der Waals surface area contributed by atoms with E-state index in [1.807, 2.05) is 13.8 Å².